The van der Waals surface area contributed by atoms with E-state index in [2.05, 4.69) is 72.8 Å². The van der Waals surface area contributed by atoms with Crippen molar-refractivity contribution < 1.29 is 20.4 Å². The van der Waals surface area contributed by atoms with E-state index in [1.807, 2.05) is 0 Å². The molecule has 0 unspecified atom stereocenters. The van der Waals surface area contributed by atoms with Crippen molar-refractivity contribution >= 4 is 7.92 Å². The van der Waals surface area contributed by atoms with Gasteiger partial charge in [-0.2, -0.15) is 0 Å². The van der Waals surface area contributed by atoms with E-state index in [9.17, 15) is 0 Å². The number of allylic oxidation sites excluding steroid dienone is 4. The maximum absolute atomic E-state index is 2.37. The van der Waals surface area contributed by atoms with E-state index < -0.39 is 0 Å². The van der Waals surface area contributed by atoms with Gasteiger partial charge in [0.15, 0.2) is 0 Å². The van der Waals surface area contributed by atoms with Gasteiger partial charge in [-0.1, -0.05) is 73.8 Å². The monoisotopic (exact) mass is 332 g/mol. The summed E-state index contributed by atoms with van der Waals surface area (Å²) in [4.78, 5) is 0. The molecular weight excluding hydrogens is 306 g/mol. The Hall–Kier alpha value is 0.572. The van der Waals surface area contributed by atoms with Crippen LogP contribution in [0.25, 0.3) is 0 Å². The summed E-state index contributed by atoms with van der Waals surface area (Å²) < 4.78 is 0. The van der Waals surface area contributed by atoms with Crippen LogP contribution in [0.1, 0.15) is 48.5 Å². The first-order valence-electron chi connectivity index (χ1n) is 5.75. The smallest absolute Gasteiger partial charge is 0 e. The van der Waals surface area contributed by atoms with Crippen molar-refractivity contribution in [3.05, 3.63) is 24.3 Å². The van der Waals surface area contributed by atoms with E-state index in [0.717, 1.165) is 0 Å². The first-order valence-corrected chi connectivity index (χ1v) is 7.28. The van der Waals surface area contributed by atoms with Crippen molar-refractivity contribution in [2.75, 3.05) is 6.16 Å². The van der Waals surface area contributed by atoms with Gasteiger partial charge < -0.3 is 0 Å². The molecule has 0 heterocycles. The second-order valence-corrected chi connectivity index (χ2v) is 9.81. The van der Waals surface area contributed by atoms with Crippen LogP contribution in [0.5, 0.6) is 0 Å². The zero-order valence-electron chi connectivity index (χ0n) is 11.8. The van der Waals surface area contributed by atoms with Crippen LogP contribution in [-0.4, -0.2) is 16.5 Å². The molecule has 0 spiro atoms. The summed E-state index contributed by atoms with van der Waals surface area (Å²) in [6.45, 7) is 16.3. The molecule has 16 heavy (non-hydrogen) atoms. The Morgan fingerprint density at radius 3 is 1.62 bits per heavy atom. The molecule has 0 saturated heterocycles. The van der Waals surface area contributed by atoms with Crippen LogP contribution in [0.15, 0.2) is 24.3 Å². The van der Waals surface area contributed by atoms with Gasteiger partial charge in [-0.3, -0.25) is 0 Å². The molecule has 0 nitrogen and oxygen atoms in total. The summed E-state index contributed by atoms with van der Waals surface area (Å²) in [6.07, 6.45) is 9.91. The minimum absolute atomic E-state index is 0. The maximum atomic E-state index is 2.37. The van der Waals surface area contributed by atoms with Crippen LogP contribution in [0, 0.1) is 0 Å². The zero-order chi connectivity index (χ0) is 12.1. The third-order valence-corrected chi connectivity index (χ3v) is 6.16. The summed E-state index contributed by atoms with van der Waals surface area (Å²) in [5, 5.41) is 0.877. The van der Waals surface area contributed by atoms with Gasteiger partial charge >= 0.3 is 0 Å². The average Bonchev–Trinajstić information content (AvgIpc) is 1.99. The normalized spacial score (nSPS) is 13.8. The number of hydrogen-bond acceptors (Lipinski definition) is 0. The Morgan fingerprint density at radius 2 is 1.31 bits per heavy atom. The molecule has 0 radical (unpaired) electrons. The molecule has 0 aromatic heterocycles. The van der Waals surface area contributed by atoms with Crippen LogP contribution >= 0.6 is 7.92 Å². The van der Waals surface area contributed by atoms with E-state index in [1.165, 1.54) is 6.16 Å². The van der Waals surface area contributed by atoms with Gasteiger partial charge in [0.25, 0.3) is 0 Å². The molecule has 0 aliphatic carbocycles. The Balaban J connectivity index is 0. The zero-order valence-corrected chi connectivity index (χ0v) is 14.2. The molecule has 98 valence electrons. The molecule has 0 rings (SSSR count). The van der Waals surface area contributed by atoms with E-state index in [4.69, 9.17) is 0 Å². The van der Waals surface area contributed by atoms with E-state index >= 15 is 0 Å². The van der Waals surface area contributed by atoms with Crippen molar-refractivity contribution in [2.45, 2.75) is 58.8 Å². The topological polar surface area (TPSA) is 0 Å². The maximum Gasteiger partial charge on any atom is 0 e. The van der Waals surface area contributed by atoms with Crippen molar-refractivity contribution in [2.24, 2.45) is 0 Å². The molecular formula is C14H27PPd. The fraction of sp³-hybridized carbons (Fsp3) is 0.714. The van der Waals surface area contributed by atoms with Crippen LogP contribution in [0.3, 0.4) is 0 Å². The predicted molar refractivity (Wildman–Crippen MR) is 75.2 cm³/mol. The van der Waals surface area contributed by atoms with Gasteiger partial charge in [0.1, 0.15) is 0 Å². The van der Waals surface area contributed by atoms with Crippen molar-refractivity contribution in [3.8, 4) is 0 Å². The van der Waals surface area contributed by atoms with E-state index in [1.54, 1.807) is 0 Å². The largest absolute Gasteiger partial charge is 0.0918 e. The van der Waals surface area contributed by atoms with E-state index in [-0.39, 0.29) is 28.3 Å². The molecule has 0 amide bonds. The Morgan fingerprint density at radius 1 is 0.875 bits per heavy atom. The van der Waals surface area contributed by atoms with E-state index in [0.29, 0.717) is 10.3 Å². The summed E-state index contributed by atoms with van der Waals surface area (Å²) in [5.74, 6) is 0. The van der Waals surface area contributed by atoms with Crippen molar-refractivity contribution in [1.29, 1.82) is 0 Å². The van der Waals surface area contributed by atoms with Crippen LogP contribution in [-0.2, 0) is 20.4 Å². The molecule has 0 bridgehead atoms. The van der Waals surface area contributed by atoms with Crippen LogP contribution in [0.4, 0.5) is 0 Å². The SMILES string of the molecule is CC=CC=CCP(C(C)(C)C)C(C)(C)C.[Pd]. The second kappa shape index (κ2) is 7.81. The third-order valence-electron chi connectivity index (χ3n) is 2.35. The van der Waals surface area contributed by atoms with Crippen LogP contribution < -0.4 is 0 Å². The molecule has 2 heteroatoms. The fourth-order valence-electron chi connectivity index (χ4n) is 1.91. The average molecular weight is 333 g/mol. The Labute approximate surface area is 117 Å². The Kier molecular flexibility index (Phi) is 9.24. The van der Waals surface area contributed by atoms with Gasteiger partial charge in [0, 0.05) is 20.4 Å². The number of rotatable bonds is 3. The minimum atomic E-state index is 0. The van der Waals surface area contributed by atoms with Gasteiger partial charge in [0.2, 0.25) is 0 Å². The second-order valence-electron chi connectivity index (χ2n) is 5.91. The quantitative estimate of drug-likeness (QED) is 0.379. The molecule has 0 N–H and O–H groups in total. The summed E-state index contributed by atoms with van der Waals surface area (Å²) in [6, 6.07) is 0. The fourth-order valence-corrected chi connectivity index (χ4v) is 5.35. The molecule has 0 fully saturated rings. The summed E-state index contributed by atoms with van der Waals surface area (Å²) >= 11 is 0. The molecule has 0 atom stereocenters. The van der Waals surface area contributed by atoms with Crippen molar-refractivity contribution in [1.82, 2.24) is 0 Å². The molecule has 0 saturated carbocycles. The molecule has 0 aliphatic heterocycles. The molecule has 0 aliphatic rings. The number of hydrogen-bond donors (Lipinski definition) is 0. The summed E-state index contributed by atoms with van der Waals surface area (Å²) in [5.41, 5.74) is 0. The first kappa shape index (κ1) is 18.9. The summed E-state index contributed by atoms with van der Waals surface area (Å²) in [7, 11) is 0.0199. The van der Waals surface area contributed by atoms with Crippen LogP contribution in [0.2, 0.25) is 0 Å². The third kappa shape index (κ3) is 7.78. The van der Waals surface area contributed by atoms with Crippen molar-refractivity contribution in [3.63, 3.8) is 0 Å². The van der Waals surface area contributed by atoms with Gasteiger partial charge in [-0.05, 0) is 23.4 Å². The Bertz CT molecular complexity index is 214. The van der Waals surface area contributed by atoms with Gasteiger partial charge in [0.05, 0.1) is 0 Å². The predicted octanol–water partition coefficient (Wildman–Crippen LogP) is 5.20. The van der Waals surface area contributed by atoms with Gasteiger partial charge in [-0.25, -0.2) is 0 Å². The molecule has 0 aromatic carbocycles. The minimum Gasteiger partial charge on any atom is -0.0918 e. The first-order chi connectivity index (χ1) is 6.69. The standard InChI is InChI=1S/C14H27P.Pd/c1-8-9-10-11-12-15(13(2,3)4)14(5,6)7;/h8-11H,12H2,1-7H3;. The van der Waals surface area contributed by atoms with Gasteiger partial charge in [-0.15, -0.1) is 0 Å². The molecule has 0 aromatic rings.